The summed E-state index contributed by atoms with van der Waals surface area (Å²) in [6, 6.07) is 56.6. The number of methoxy groups -OCH3 is 2. The molecule has 0 aromatic heterocycles. The topological polar surface area (TPSA) is 199 Å². The molecule has 14 heteroatoms. The molecule has 8 rings (SSSR count). The van der Waals surface area contributed by atoms with Crippen molar-refractivity contribution >= 4 is 102 Å². The highest BCUT2D eigenvalue weighted by molar-refractivity contribution is 5.93. The molecular formula is C75H83N3O11. The first-order chi connectivity index (χ1) is 42.3. The van der Waals surface area contributed by atoms with E-state index in [1.165, 1.54) is 30.2 Å². The summed E-state index contributed by atoms with van der Waals surface area (Å²) in [5.74, 6) is 1.51. The van der Waals surface area contributed by atoms with Crippen LogP contribution in [0.2, 0.25) is 0 Å². The number of fused-ring (bicyclic) bond motifs is 1. The molecule has 2 N–H and O–H groups in total. The molecule has 0 aliphatic heterocycles. The average Bonchev–Trinajstić information content (AvgIpc) is 3.71. The number of rotatable bonds is 18. The quantitative estimate of drug-likeness (QED) is 0.0609. The molecule has 2 amide bonds. The van der Waals surface area contributed by atoms with Crippen molar-refractivity contribution in [1.29, 1.82) is 0 Å². The van der Waals surface area contributed by atoms with Gasteiger partial charge in [-0.15, -0.1) is 0 Å². The van der Waals surface area contributed by atoms with E-state index in [9.17, 15) is 43.2 Å². The molecule has 0 bridgehead atoms. The molecule has 0 heterocycles. The Bertz CT molecular complexity index is 3500. The van der Waals surface area contributed by atoms with Crippen LogP contribution in [0.5, 0.6) is 11.5 Å². The van der Waals surface area contributed by atoms with Gasteiger partial charge in [0.25, 0.3) is 0 Å². The molecular weight excluding hydrogens is 1120 g/mol. The van der Waals surface area contributed by atoms with Gasteiger partial charge in [0.1, 0.15) is 55.5 Å². The number of ether oxygens (including phenoxy) is 2. The van der Waals surface area contributed by atoms with E-state index in [2.05, 4.69) is 10.6 Å². The van der Waals surface area contributed by atoms with Crippen LogP contribution in [0.25, 0.3) is 29.0 Å². The van der Waals surface area contributed by atoms with Gasteiger partial charge in [-0.1, -0.05) is 148 Å². The molecule has 0 aliphatic carbocycles. The summed E-state index contributed by atoms with van der Waals surface area (Å²) in [6.45, 7) is 10.9. The lowest BCUT2D eigenvalue weighted by atomic mass is 10.1. The van der Waals surface area contributed by atoms with Crippen molar-refractivity contribution in [3.63, 3.8) is 0 Å². The van der Waals surface area contributed by atoms with Crippen LogP contribution in [0.3, 0.4) is 0 Å². The van der Waals surface area contributed by atoms with Crippen molar-refractivity contribution in [3.8, 4) is 11.5 Å². The van der Waals surface area contributed by atoms with E-state index in [-0.39, 0.29) is 25.2 Å². The second-order valence-corrected chi connectivity index (χ2v) is 19.8. The van der Waals surface area contributed by atoms with Crippen molar-refractivity contribution in [2.24, 2.45) is 5.92 Å². The third-order valence-electron chi connectivity index (χ3n) is 12.0. The third-order valence-corrected chi connectivity index (χ3v) is 12.0. The number of anilines is 3. The van der Waals surface area contributed by atoms with E-state index in [4.69, 9.17) is 9.47 Å². The predicted molar refractivity (Wildman–Crippen MR) is 364 cm³/mol. The fourth-order valence-corrected chi connectivity index (χ4v) is 7.06. The van der Waals surface area contributed by atoms with Gasteiger partial charge < -0.3 is 29.8 Å². The number of hydrogen-bond donors (Lipinski definition) is 2. The summed E-state index contributed by atoms with van der Waals surface area (Å²) in [6.07, 6.45) is 15.4. The molecule has 0 saturated carbocycles. The van der Waals surface area contributed by atoms with Gasteiger partial charge >= 0.3 is 0 Å². The summed E-state index contributed by atoms with van der Waals surface area (Å²) in [4.78, 5) is 95.6. The maximum Gasteiger partial charge on any atom is 0.226 e. The van der Waals surface area contributed by atoms with Crippen molar-refractivity contribution in [2.45, 2.75) is 61.8 Å². The van der Waals surface area contributed by atoms with E-state index in [1.807, 2.05) is 204 Å². The number of allylic oxidation sites excluding steroid dienone is 3. The second kappa shape index (κ2) is 44.7. The van der Waals surface area contributed by atoms with Crippen LogP contribution >= 0.6 is 0 Å². The van der Waals surface area contributed by atoms with Gasteiger partial charge in [0, 0.05) is 67.1 Å². The summed E-state index contributed by atoms with van der Waals surface area (Å²) in [7, 11) is 7.26. The van der Waals surface area contributed by atoms with Crippen molar-refractivity contribution in [1.82, 2.24) is 0 Å². The lowest BCUT2D eigenvalue weighted by molar-refractivity contribution is -0.119. The van der Waals surface area contributed by atoms with Gasteiger partial charge in [0.2, 0.25) is 11.8 Å². The minimum absolute atomic E-state index is 0. The SMILES string of the molecule is C.CC(=O)Nc1ccc(CCC=O)cc1.CC(C)C(=O)Nc1ccc(C=O)cc1.CN(C)c1ccc(/C=C/C=O)cc1.COc1ccc(/C=C(\C)C=O)cc1.COc1ccc2cc(C=O)ccc2c1.Cc1ccc(/C=C/C=O)cc1.Cc1ccc(C=O)cc1. The van der Waals surface area contributed by atoms with Crippen molar-refractivity contribution in [3.05, 3.63) is 250 Å². The van der Waals surface area contributed by atoms with Crippen molar-refractivity contribution < 1.29 is 52.6 Å². The van der Waals surface area contributed by atoms with E-state index in [0.29, 0.717) is 28.8 Å². The number of nitrogens with one attached hydrogen (secondary N) is 2. The molecule has 0 fully saturated rings. The standard InChI is InChI=1S/C12H10O2.2C11H13NO2.C11H13NO.C11H12O2.C10H10O.C8H8O.CH4/c1-14-12-5-4-10-6-9(8-13)2-3-11(10)7-12;1-8(2)11(14)12-10-5-3-9(7-13)4-6-10;1-9(14)12-11-6-4-10(5-7-11)3-2-8-13;1-12(2)11-7-5-10(6-8-11)4-3-9-13;1-9(8-12)7-10-3-5-11(13-2)6-4-10;1-9-4-6-10(7-5-9)3-2-8-11;1-7-2-4-8(6-9)5-3-7;/h2-8H,1H3;3-8H,1-2H3,(H,12,14);4-8H,2-3H2,1H3,(H,12,14);3-9H,1-2H3;3-8H,1-2H3;2-8H,1H3;2-6H,1H3;1H4/b;;;4-3+;9-7+;3-2+;;. The van der Waals surface area contributed by atoms with Crippen LogP contribution in [0.4, 0.5) is 17.1 Å². The first-order valence-electron chi connectivity index (χ1n) is 27.9. The number of aryl methyl sites for hydroxylation is 3. The van der Waals surface area contributed by atoms with Crippen LogP contribution in [-0.2, 0) is 35.2 Å². The summed E-state index contributed by atoms with van der Waals surface area (Å²) < 4.78 is 10.1. The lowest BCUT2D eigenvalue weighted by Gasteiger charge is -2.11. The molecule has 0 spiro atoms. The van der Waals surface area contributed by atoms with Crippen LogP contribution in [0.15, 0.2) is 200 Å². The number of benzene rings is 8. The maximum atomic E-state index is 11.3. The smallest absolute Gasteiger partial charge is 0.226 e. The minimum atomic E-state index is -0.0781. The largest absolute Gasteiger partial charge is 0.497 e. The molecule has 0 unspecified atom stereocenters. The number of hydrogen-bond acceptors (Lipinski definition) is 12. The summed E-state index contributed by atoms with van der Waals surface area (Å²) in [5.41, 5.74) is 12.0. The Hall–Kier alpha value is -10.7. The normalized spacial score (nSPS) is 9.94. The fraction of sp³-hybridized carbons (Fsp3) is 0.187. The Labute approximate surface area is 525 Å². The van der Waals surface area contributed by atoms with Gasteiger partial charge in [-0.2, -0.15) is 0 Å². The highest BCUT2D eigenvalue weighted by Crippen LogP contribution is 2.22. The molecule has 8 aromatic rings. The Kier molecular flexibility index (Phi) is 38.3. The van der Waals surface area contributed by atoms with E-state index < -0.39 is 0 Å². The van der Waals surface area contributed by atoms with Gasteiger partial charge in [-0.05, 0) is 163 Å². The highest BCUT2D eigenvalue weighted by atomic mass is 16.5. The van der Waals surface area contributed by atoms with Crippen LogP contribution in [-0.4, -0.2) is 84.1 Å². The van der Waals surface area contributed by atoms with E-state index >= 15 is 0 Å². The number of carbonyl (C=O) groups is 9. The second-order valence-electron chi connectivity index (χ2n) is 19.8. The molecule has 0 atom stereocenters. The Morgan fingerprint density at radius 2 is 0.910 bits per heavy atom. The summed E-state index contributed by atoms with van der Waals surface area (Å²) >= 11 is 0. The zero-order valence-corrected chi connectivity index (χ0v) is 51.7. The summed E-state index contributed by atoms with van der Waals surface area (Å²) in [5, 5.41) is 7.55. The number of amides is 2. The van der Waals surface area contributed by atoms with Crippen LogP contribution in [0.1, 0.15) is 106 Å². The van der Waals surface area contributed by atoms with Gasteiger partial charge in [-0.25, -0.2) is 0 Å². The molecule has 0 aliphatic rings. The monoisotopic (exact) mass is 1200 g/mol. The first-order valence-corrected chi connectivity index (χ1v) is 27.9. The Morgan fingerprint density at radius 1 is 0.494 bits per heavy atom. The van der Waals surface area contributed by atoms with E-state index in [1.54, 1.807) is 63.6 Å². The first kappa shape index (κ1) is 76.3. The number of nitrogens with zero attached hydrogens (tertiary/aromatic N) is 1. The van der Waals surface area contributed by atoms with Gasteiger partial charge in [0.05, 0.1) is 14.2 Å². The number of aldehydes is 7. The molecule has 0 radical (unpaired) electrons. The predicted octanol–water partition coefficient (Wildman–Crippen LogP) is 15.4. The Balaban J connectivity index is 0.000000520. The highest BCUT2D eigenvalue weighted by Gasteiger charge is 2.06. The molecule has 14 nitrogen and oxygen atoms in total. The Morgan fingerprint density at radius 3 is 1.35 bits per heavy atom. The van der Waals surface area contributed by atoms with Crippen molar-refractivity contribution in [2.75, 3.05) is 43.8 Å². The van der Waals surface area contributed by atoms with E-state index in [0.717, 1.165) is 112 Å². The van der Waals surface area contributed by atoms with Crippen LogP contribution < -0.4 is 25.0 Å². The minimum Gasteiger partial charge on any atom is -0.497 e. The van der Waals surface area contributed by atoms with Crippen LogP contribution in [0, 0.1) is 19.8 Å². The molecule has 0 saturated heterocycles. The lowest BCUT2D eigenvalue weighted by Crippen LogP contribution is -2.17. The van der Waals surface area contributed by atoms with Gasteiger partial charge in [0.15, 0.2) is 0 Å². The molecule has 8 aromatic carbocycles. The third kappa shape index (κ3) is 32.9. The number of carbonyl (C=O) groups excluding carboxylic acids is 9. The average molecular weight is 1200 g/mol. The molecule has 464 valence electrons. The fourth-order valence-electron chi connectivity index (χ4n) is 7.06. The van der Waals surface area contributed by atoms with Gasteiger partial charge in [-0.3, -0.25) is 38.4 Å². The molecule has 89 heavy (non-hydrogen) atoms. The maximum absolute atomic E-state index is 11.3. The zero-order chi connectivity index (χ0) is 65.1. The zero-order valence-electron chi connectivity index (χ0n) is 51.7.